The highest BCUT2D eigenvalue weighted by Gasteiger charge is 2.26. The molecule has 18 heavy (non-hydrogen) atoms. The molecule has 0 spiro atoms. The molecule has 0 bridgehead atoms. The number of likely N-dealkylation sites (tertiary alicyclic amines) is 1. The van der Waals surface area contributed by atoms with Gasteiger partial charge in [-0.15, -0.1) is 0 Å². The summed E-state index contributed by atoms with van der Waals surface area (Å²) in [5.74, 6) is 0.710. The average molecular weight is 245 g/mol. The highest BCUT2D eigenvalue weighted by molar-refractivity contribution is 5.09. The predicted octanol–water partition coefficient (Wildman–Crippen LogP) is 2.71. The van der Waals surface area contributed by atoms with Crippen LogP contribution in [0, 0.1) is 0 Å². The molecule has 1 atom stereocenters. The molecule has 0 radical (unpaired) electrons. The first kappa shape index (κ1) is 12.0. The molecule has 98 valence electrons. The van der Waals surface area contributed by atoms with Crippen molar-refractivity contribution < 1.29 is 0 Å². The molecule has 2 heterocycles. The summed E-state index contributed by atoms with van der Waals surface area (Å²) in [5.41, 5.74) is 1.41. The molecule has 1 aromatic rings. The maximum absolute atomic E-state index is 4.29. The lowest BCUT2D eigenvalue weighted by Gasteiger charge is -2.37. The number of aromatic nitrogens is 2. The topological polar surface area (TPSA) is 21.1 Å². The Morgan fingerprint density at radius 3 is 2.67 bits per heavy atom. The van der Waals surface area contributed by atoms with Crippen molar-refractivity contribution in [2.24, 2.45) is 7.05 Å². The second kappa shape index (κ2) is 5.27. The van der Waals surface area contributed by atoms with E-state index in [-0.39, 0.29) is 0 Å². The van der Waals surface area contributed by atoms with Crippen LogP contribution in [-0.2, 0) is 7.05 Å². The third-order valence-corrected chi connectivity index (χ3v) is 4.50. The fourth-order valence-electron chi connectivity index (χ4n) is 3.41. The zero-order valence-electron chi connectivity index (χ0n) is 11.3. The Labute approximate surface area is 109 Å². The molecule has 0 aromatic carbocycles. The fraction of sp³-hybridized carbons (Fsp3) is 0.667. The zero-order chi connectivity index (χ0) is 12.4. The minimum atomic E-state index is 0.710. The maximum atomic E-state index is 4.29. The van der Waals surface area contributed by atoms with E-state index < -0.39 is 0 Å². The first-order valence-electron chi connectivity index (χ1n) is 7.23. The predicted molar refractivity (Wildman–Crippen MR) is 73.5 cm³/mol. The summed E-state index contributed by atoms with van der Waals surface area (Å²) in [5, 5.41) is 4.29. The normalized spacial score (nSPS) is 26.6. The van der Waals surface area contributed by atoms with Crippen molar-refractivity contribution in [2.45, 2.75) is 44.1 Å². The van der Waals surface area contributed by atoms with Gasteiger partial charge in [0, 0.05) is 30.9 Å². The van der Waals surface area contributed by atoms with Gasteiger partial charge in [-0.2, -0.15) is 5.10 Å². The van der Waals surface area contributed by atoms with E-state index in [9.17, 15) is 0 Å². The van der Waals surface area contributed by atoms with Crippen LogP contribution < -0.4 is 0 Å². The van der Waals surface area contributed by atoms with Crippen LogP contribution in [-0.4, -0.2) is 33.8 Å². The van der Waals surface area contributed by atoms with Crippen LogP contribution in [0.4, 0.5) is 0 Å². The van der Waals surface area contributed by atoms with Gasteiger partial charge in [-0.3, -0.25) is 9.58 Å². The molecule has 0 N–H and O–H groups in total. The molecule has 0 amide bonds. The van der Waals surface area contributed by atoms with Gasteiger partial charge < -0.3 is 0 Å². The Hall–Kier alpha value is -1.09. The van der Waals surface area contributed by atoms with E-state index >= 15 is 0 Å². The molecule has 2 aliphatic rings. The molecular weight excluding hydrogens is 222 g/mol. The molecule has 1 fully saturated rings. The molecule has 0 saturated carbocycles. The minimum absolute atomic E-state index is 0.710. The van der Waals surface area contributed by atoms with Gasteiger partial charge in [-0.1, -0.05) is 12.2 Å². The zero-order valence-corrected chi connectivity index (χ0v) is 11.3. The van der Waals surface area contributed by atoms with Gasteiger partial charge in [0.25, 0.3) is 0 Å². The van der Waals surface area contributed by atoms with Gasteiger partial charge >= 0.3 is 0 Å². The average Bonchev–Trinajstić information content (AvgIpc) is 2.86. The standard InChI is InChI=1S/C15H23N3/c1-17-15(7-10-16-17)13-8-11-18(12-9-13)14-5-3-2-4-6-14/h3,5,7,10,13-14H,2,4,6,8-9,11-12H2,1H3/t14-/m0/s1. The van der Waals surface area contributed by atoms with Crippen molar-refractivity contribution in [1.29, 1.82) is 0 Å². The summed E-state index contributed by atoms with van der Waals surface area (Å²) in [6.07, 6.45) is 13.3. The van der Waals surface area contributed by atoms with E-state index in [0.29, 0.717) is 12.0 Å². The van der Waals surface area contributed by atoms with Gasteiger partial charge in [0.1, 0.15) is 0 Å². The van der Waals surface area contributed by atoms with Gasteiger partial charge in [0.05, 0.1) is 0 Å². The minimum Gasteiger partial charge on any atom is -0.297 e. The lowest BCUT2D eigenvalue weighted by molar-refractivity contribution is 0.164. The number of piperidine rings is 1. The Kier molecular flexibility index (Phi) is 3.50. The quantitative estimate of drug-likeness (QED) is 0.747. The summed E-state index contributed by atoms with van der Waals surface area (Å²) in [6.45, 7) is 2.48. The third-order valence-electron chi connectivity index (χ3n) is 4.50. The molecular formula is C15H23N3. The summed E-state index contributed by atoms with van der Waals surface area (Å²) in [7, 11) is 2.06. The first-order chi connectivity index (χ1) is 8.84. The Balaban J connectivity index is 1.59. The van der Waals surface area contributed by atoms with Gasteiger partial charge in [-0.25, -0.2) is 0 Å². The van der Waals surface area contributed by atoms with E-state index in [2.05, 4.69) is 35.3 Å². The van der Waals surface area contributed by atoms with E-state index in [0.717, 1.165) is 0 Å². The van der Waals surface area contributed by atoms with Crippen molar-refractivity contribution in [3.63, 3.8) is 0 Å². The molecule has 3 rings (SSSR count). The van der Waals surface area contributed by atoms with Crippen molar-refractivity contribution >= 4 is 0 Å². The van der Waals surface area contributed by atoms with Crippen LogP contribution in [0.3, 0.4) is 0 Å². The van der Waals surface area contributed by atoms with Gasteiger partial charge in [-0.05, 0) is 51.3 Å². The van der Waals surface area contributed by atoms with Crippen molar-refractivity contribution in [3.05, 3.63) is 30.1 Å². The molecule has 1 aliphatic heterocycles. The van der Waals surface area contributed by atoms with Gasteiger partial charge in [0.15, 0.2) is 0 Å². The lowest BCUT2D eigenvalue weighted by Crippen LogP contribution is -2.40. The highest BCUT2D eigenvalue weighted by atomic mass is 15.3. The van der Waals surface area contributed by atoms with Crippen LogP contribution in [0.25, 0.3) is 0 Å². The fourth-order valence-corrected chi connectivity index (χ4v) is 3.41. The molecule has 1 aliphatic carbocycles. The summed E-state index contributed by atoms with van der Waals surface area (Å²) in [4.78, 5) is 2.67. The van der Waals surface area contributed by atoms with E-state index in [1.807, 2.05) is 10.9 Å². The number of rotatable bonds is 2. The summed E-state index contributed by atoms with van der Waals surface area (Å²) in [6, 6.07) is 2.90. The molecule has 3 heteroatoms. The van der Waals surface area contributed by atoms with E-state index in [1.54, 1.807) is 0 Å². The Morgan fingerprint density at radius 1 is 1.22 bits per heavy atom. The highest BCUT2D eigenvalue weighted by Crippen LogP contribution is 2.29. The monoisotopic (exact) mass is 245 g/mol. The number of aryl methyl sites for hydroxylation is 1. The van der Waals surface area contributed by atoms with Gasteiger partial charge in [0.2, 0.25) is 0 Å². The molecule has 3 nitrogen and oxygen atoms in total. The first-order valence-corrected chi connectivity index (χ1v) is 7.23. The SMILES string of the molecule is Cn1nccc1C1CCN([C@H]2C=CCCC2)CC1. The molecule has 1 saturated heterocycles. The Bertz CT molecular complexity index is 413. The molecule has 1 aromatic heterocycles. The maximum Gasteiger partial charge on any atom is 0.0492 e. The second-order valence-electron chi connectivity index (χ2n) is 5.62. The van der Waals surface area contributed by atoms with Crippen molar-refractivity contribution in [1.82, 2.24) is 14.7 Å². The lowest BCUT2D eigenvalue weighted by atomic mass is 9.91. The Morgan fingerprint density at radius 2 is 2.06 bits per heavy atom. The van der Waals surface area contributed by atoms with Crippen LogP contribution in [0.15, 0.2) is 24.4 Å². The van der Waals surface area contributed by atoms with Crippen molar-refractivity contribution in [3.8, 4) is 0 Å². The largest absolute Gasteiger partial charge is 0.297 e. The van der Waals surface area contributed by atoms with E-state index in [4.69, 9.17) is 0 Å². The number of allylic oxidation sites excluding steroid dienone is 1. The third kappa shape index (κ3) is 2.37. The number of hydrogen-bond acceptors (Lipinski definition) is 2. The smallest absolute Gasteiger partial charge is 0.0492 e. The number of hydrogen-bond donors (Lipinski definition) is 0. The van der Waals surface area contributed by atoms with Crippen LogP contribution >= 0.6 is 0 Å². The van der Waals surface area contributed by atoms with Crippen LogP contribution in [0.2, 0.25) is 0 Å². The number of nitrogens with zero attached hydrogens (tertiary/aromatic N) is 3. The summed E-state index contributed by atoms with van der Waals surface area (Å²) < 4.78 is 2.04. The van der Waals surface area contributed by atoms with Crippen LogP contribution in [0.1, 0.15) is 43.7 Å². The molecule has 0 unspecified atom stereocenters. The summed E-state index contributed by atoms with van der Waals surface area (Å²) >= 11 is 0. The van der Waals surface area contributed by atoms with Crippen molar-refractivity contribution in [2.75, 3.05) is 13.1 Å². The van der Waals surface area contributed by atoms with Crippen LogP contribution in [0.5, 0.6) is 0 Å². The second-order valence-corrected chi connectivity index (χ2v) is 5.62. The van der Waals surface area contributed by atoms with E-state index in [1.165, 1.54) is 50.9 Å².